The molecule has 80 valence electrons. The third kappa shape index (κ3) is 2.69. The molecule has 0 bridgehead atoms. The lowest BCUT2D eigenvalue weighted by molar-refractivity contribution is 0.438. The van der Waals surface area contributed by atoms with E-state index in [-0.39, 0.29) is 0 Å². The molecular weight excluding hydrogens is 204 g/mol. The zero-order valence-electron chi connectivity index (χ0n) is 8.94. The van der Waals surface area contributed by atoms with Crippen molar-refractivity contribution >= 4 is 23.0 Å². The number of anilines is 1. The molecule has 0 amide bonds. The molecule has 0 saturated heterocycles. The summed E-state index contributed by atoms with van der Waals surface area (Å²) in [5, 5.41) is 4.12. The quantitative estimate of drug-likeness (QED) is 0.789. The first-order chi connectivity index (χ1) is 7.31. The molecule has 1 N–H and O–H groups in total. The third-order valence-corrected chi connectivity index (χ3v) is 2.95. The third-order valence-electron chi connectivity index (χ3n) is 2.61. The zero-order chi connectivity index (χ0) is 10.7. The zero-order valence-corrected chi connectivity index (χ0v) is 9.76. The predicted octanol–water partition coefficient (Wildman–Crippen LogP) is 2.87. The van der Waals surface area contributed by atoms with Gasteiger partial charge in [0, 0.05) is 18.3 Å². The van der Waals surface area contributed by atoms with Crippen molar-refractivity contribution in [1.82, 2.24) is 4.90 Å². The fraction of sp³-hybridized carbons (Fsp3) is 0.417. The molecule has 2 rings (SSSR count). The van der Waals surface area contributed by atoms with Crippen molar-refractivity contribution in [2.75, 3.05) is 11.9 Å². The van der Waals surface area contributed by atoms with E-state index in [0.29, 0.717) is 6.04 Å². The van der Waals surface area contributed by atoms with Crippen LogP contribution in [0.15, 0.2) is 30.3 Å². The van der Waals surface area contributed by atoms with Crippen LogP contribution in [0.1, 0.15) is 19.8 Å². The molecule has 0 atom stereocenters. The predicted molar refractivity (Wildman–Crippen MR) is 68.1 cm³/mol. The van der Waals surface area contributed by atoms with Crippen LogP contribution in [0.5, 0.6) is 0 Å². The number of para-hydroxylation sites is 1. The minimum atomic E-state index is 0.679. The molecule has 0 radical (unpaired) electrons. The summed E-state index contributed by atoms with van der Waals surface area (Å²) < 4.78 is 0. The number of nitrogens with one attached hydrogen (secondary N) is 1. The molecule has 0 aliphatic heterocycles. The Bertz CT molecular complexity index is 333. The van der Waals surface area contributed by atoms with Crippen LogP contribution in [0.25, 0.3) is 0 Å². The van der Waals surface area contributed by atoms with Gasteiger partial charge in [-0.05, 0) is 44.1 Å². The molecule has 15 heavy (non-hydrogen) atoms. The van der Waals surface area contributed by atoms with Crippen molar-refractivity contribution in [2.45, 2.75) is 25.8 Å². The van der Waals surface area contributed by atoms with Crippen molar-refractivity contribution in [1.29, 1.82) is 0 Å². The van der Waals surface area contributed by atoms with Gasteiger partial charge in [0.15, 0.2) is 5.11 Å². The van der Waals surface area contributed by atoms with Gasteiger partial charge in [-0.25, -0.2) is 0 Å². The number of benzene rings is 1. The minimum Gasteiger partial charge on any atom is -0.346 e. The fourth-order valence-corrected chi connectivity index (χ4v) is 2.07. The maximum absolute atomic E-state index is 5.39. The lowest BCUT2D eigenvalue weighted by Crippen LogP contribution is -2.36. The van der Waals surface area contributed by atoms with Crippen molar-refractivity contribution in [3.8, 4) is 0 Å². The molecule has 0 unspecified atom stereocenters. The molecular formula is C12H16N2S. The van der Waals surface area contributed by atoms with Gasteiger partial charge in [0.05, 0.1) is 0 Å². The lowest BCUT2D eigenvalue weighted by atomic mass is 10.3. The van der Waals surface area contributed by atoms with E-state index in [9.17, 15) is 0 Å². The van der Waals surface area contributed by atoms with Gasteiger partial charge >= 0.3 is 0 Å². The molecule has 2 nitrogen and oxygen atoms in total. The summed E-state index contributed by atoms with van der Waals surface area (Å²) in [7, 11) is 0. The lowest BCUT2D eigenvalue weighted by Gasteiger charge is -2.23. The van der Waals surface area contributed by atoms with Crippen molar-refractivity contribution in [3.05, 3.63) is 30.3 Å². The molecule has 1 aromatic carbocycles. The monoisotopic (exact) mass is 220 g/mol. The highest BCUT2D eigenvalue weighted by atomic mass is 32.1. The van der Waals surface area contributed by atoms with Gasteiger partial charge < -0.3 is 10.2 Å². The number of thiocarbonyl (C=S) groups is 1. The maximum atomic E-state index is 5.39. The van der Waals surface area contributed by atoms with Crippen molar-refractivity contribution < 1.29 is 0 Å². The second-order valence-corrected chi connectivity index (χ2v) is 4.20. The first-order valence-electron chi connectivity index (χ1n) is 5.44. The van der Waals surface area contributed by atoms with Gasteiger partial charge in [-0.15, -0.1) is 0 Å². The molecule has 1 aliphatic rings. The van der Waals surface area contributed by atoms with E-state index in [4.69, 9.17) is 12.2 Å². The van der Waals surface area contributed by atoms with E-state index in [1.54, 1.807) is 0 Å². The second-order valence-electron chi connectivity index (χ2n) is 3.81. The van der Waals surface area contributed by atoms with Gasteiger partial charge in [0.2, 0.25) is 0 Å². The Balaban J connectivity index is 1.96. The highest BCUT2D eigenvalue weighted by molar-refractivity contribution is 7.80. The average molecular weight is 220 g/mol. The van der Waals surface area contributed by atoms with Gasteiger partial charge in [0.25, 0.3) is 0 Å². The van der Waals surface area contributed by atoms with E-state index in [0.717, 1.165) is 17.3 Å². The van der Waals surface area contributed by atoms with Crippen LogP contribution in [-0.4, -0.2) is 22.6 Å². The topological polar surface area (TPSA) is 15.3 Å². The van der Waals surface area contributed by atoms with Crippen LogP contribution in [0, 0.1) is 0 Å². The van der Waals surface area contributed by atoms with Gasteiger partial charge in [0.1, 0.15) is 0 Å². The fourth-order valence-electron chi connectivity index (χ4n) is 1.67. The Morgan fingerprint density at radius 3 is 2.60 bits per heavy atom. The van der Waals surface area contributed by atoms with E-state index in [2.05, 4.69) is 17.1 Å². The molecule has 1 saturated carbocycles. The van der Waals surface area contributed by atoms with Crippen LogP contribution in [-0.2, 0) is 0 Å². The Kier molecular flexibility index (Phi) is 3.21. The number of nitrogens with zero attached hydrogens (tertiary/aromatic N) is 1. The molecule has 3 heteroatoms. The van der Waals surface area contributed by atoms with E-state index >= 15 is 0 Å². The number of rotatable bonds is 3. The summed E-state index contributed by atoms with van der Waals surface area (Å²) in [5.74, 6) is 0. The Morgan fingerprint density at radius 1 is 1.40 bits per heavy atom. The van der Waals surface area contributed by atoms with Gasteiger partial charge in [-0.3, -0.25) is 0 Å². The summed E-state index contributed by atoms with van der Waals surface area (Å²) >= 11 is 5.39. The van der Waals surface area contributed by atoms with Crippen molar-refractivity contribution in [2.24, 2.45) is 0 Å². The van der Waals surface area contributed by atoms with Crippen LogP contribution in [0.4, 0.5) is 5.69 Å². The Labute approximate surface area is 96.3 Å². The first-order valence-corrected chi connectivity index (χ1v) is 5.84. The Morgan fingerprint density at radius 2 is 2.07 bits per heavy atom. The second kappa shape index (κ2) is 4.62. The normalized spacial score (nSPS) is 14.7. The first kappa shape index (κ1) is 10.4. The number of hydrogen-bond acceptors (Lipinski definition) is 1. The number of hydrogen-bond donors (Lipinski definition) is 1. The van der Waals surface area contributed by atoms with Crippen LogP contribution in [0.3, 0.4) is 0 Å². The highest BCUT2D eigenvalue weighted by Crippen LogP contribution is 2.27. The average Bonchev–Trinajstić information content (AvgIpc) is 3.04. The van der Waals surface area contributed by atoms with Gasteiger partial charge in [-0.1, -0.05) is 18.2 Å². The van der Waals surface area contributed by atoms with Crippen LogP contribution in [0.2, 0.25) is 0 Å². The summed E-state index contributed by atoms with van der Waals surface area (Å²) in [4.78, 5) is 2.27. The summed E-state index contributed by atoms with van der Waals surface area (Å²) in [6, 6.07) is 10.8. The highest BCUT2D eigenvalue weighted by Gasteiger charge is 2.29. The van der Waals surface area contributed by atoms with Crippen molar-refractivity contribution in [3.63, 3.8) is 0 Å². The SMILES string of the molecule is CCN(C(=S)Nc1ccccc1)C1CC1. The molecule has 0 heterocycles. The molecule has 1 aromatic rings. The molecule has 1 fully saturated rings. The Hall–Kier alpha value is -1.09. The largest absolute Gasteiger partial charge is 0.346 e. The summed E-state index contributed by atoms with van der Waals surface area (Å²) in [6.07, 6.45) is 2.56. The smallest absolute Gasteiger partial charge is 0.173 e. The van der Waals surface area contributed by atoms with Gasteiger partial charge in [-0.2, -0.15) is 0 Å². The van der Waals surface area contributed by atoms with E-state index in [1.165, 1.54) is 12.8 Å². The minimum absolute atomic E-state index is 0.679. The summed E-state index contributed by atoms with van der Waals surface area (Å²) in [6.45, 7) is 3.14. The summed E-state index contributed by atoms with van der Waals surface area (Å²) in [5.41, 5.74) is 1.07. The molecule has 0 spiro atoms. The van der Waals surface area contributed by atoms with E-state index < -0.39 is 0 Å². The molecule has 0 aromatic heterocycles. The maximum Gasteiger partial charge on any atom is 0.173 e. The standard InChI is InChI=1S/C12H16N2S/c1-2-14(11-8-9-11)12(15)13-10-6-4-3-5-7-10/h3-7,11H,2,8-9H2,1H3,(H,13,15). The van der Waals surface area contributed by atoms with E-state index in [1.807, 2.05) is 30.3 Å². The molecule has 1 aliphatic carbocycles. The van der Waals surface area contributed by atoms with Crippen LogP contribution >= 0.6 is 12.2 Å². The van der Waals surface area contributed by atoms with Crippen LogP contribution < -0.4 is 5.32 Å².